The Bertz CT molecular complexity index is 1070. The highest BCUT2D eigenvalue weighted by Crippen LogP contribution is 2.20. The summed E-state index contributed by atoms with van der Waals surface area (Å²) in [6, 6.07) is 14.2. The van der Waals surface area contributed by atoms with Crippen molar-refractivity contribution >= 4 is 17.4 Å². The summed E-state index contributed by atoms with van der Waals surface area (Å²) in [5.74, 6) is 1.59. The average molecular weight is 376 g/mol. The molecule has 0 fully saturated rings. The number of anilines is 2. The number of rotatable bonds is 5. The molecule has 10 heteroatoms. The maximum atomic E-state index is 12.3. The van der Waals surface area contributed by atoms with Gasteiger partial charge in [-0.3, -0.25) is 0 Å². The van der Waals surface area contributed by atoms with Crippen molar-refractivity contribution in [3.63, 3.8) is 0 Å². The molecule has 3 N–H and O–H groups in total. The zero-order valence-corrected chi connectivity index (χ0v) is 14.9. The van der Waals surface area contributed by atoms with Gasteiger partial charge in [-0.25, -0.2) is 4.79 Å². The molecule has 2 amide bonds. The molecule has 0 aliphatic heterocycles. The lowest BCUT2D eigenvalue weighted by Crippen LogP contribution is -2.19. The van der Waals surface area contributed by atoms with Crippen LogP contribution >= 0.6 is 0 Å². The van der Waals surface area contributed by atoms with Crippen LogP contribution in [-0.4, -0.2) is 36.8 Å². The van der Waals surface area contributed by atoms with E-state index < -0.39 is 0 Å². The molecule has 0 bridgehead atoms. The molecule has 4 aromatic rings. The number of amides is 2. The molecule has 0 atom stereocenters. The van der Waals surface area contributed by atoms with Crippen molar-refractivity contribution in [3.05, 3.63) is 65.7 Å². The predicted molar refractivity (Wildman–Crippen MR) is 101 cm³/mol. The second kappa shape index (κ2) is 7.66. The van der Waals surface area contributed by atoms with E-state index in [0.717, 1.165) is 11.1 Å². The van der Waals surface area contributed by atoms with Gasteiger partial charge in [-0.2, -0.15) is 10.2 Å². The quantitative estimate of drug-likeness (QED) is 0.487. The maximum Gasteiger partial charge on any atom is 0.323 e. The largest absolute Gasteiger partial charge is 0.334 e. The molecule has 140 valence electrons. The Morgan fingerprint density at radius 3 is 2.64 bits per heavy atom. The molecule has 2 heterocycles. The Morgan fingerprint density at radius 2 is 1.93 bits per heavy atom. The topological polar surface area (TPSA) is 135 Å². The summed E-state index contributed by atoms with van der Waals surface area (Å²) < 4.78 is 5.12. The number of hydrogen-bond donors (Lipinski definition) is 3. The van der Waals surface area contributed by atoms with E-state index in [0.29, 0.717) is 35.3 Å². The summed E-state index contributed by atoms with van der Waals surface area (Å²) in [5.41, 5.74) is 3.04. The van der Waals surface area contributed by atoms with Gasteiger partial charge in [0, 0.05) is 23.4 Å². The third-order valence-corrected chi connectivity index (χ3v) is 3.85. The average Bonchev–Trinajstić information content (AvgIpc) is 3.34. The van der Waals surface area contributed by atoms with Crippen molar-refractivity contribution in [2.45, 2.75) is 13.3 Å². The number of carbonyl (C=O) groups excluding carboxylic acids is 1. The van der Waals surface area contributed by atoms with Crippen LogP contribution in [0.4, 0.5) is 16.2 Å². The van der Waals surface area contributed by atoms with E-state index in [2.05, 4.69) is 41.4 Å². The number of H-pyrrole nitrogens is 1. The highest BCUT2D eigenvalue weighted by Gasteiger charge is 2.08. The minimum absolute atomic E-state index is 0.349. The van der Waals surface area contributed by atoms with Gasteiger partial charge in [-0.15, -0.1) is 10.2 Å². The van der Waals surface area contributed by atoms with E-state index >= 15 is 0 Å². The first kappa shape index (κ1) is 17.3. The second-order valence-electron chi connectivity index (χ2n) is 6.01. The molecular weight excluding hydrogens is 360 g/mol. The van der Waals surface area contributed by atoms with E-state index in [1.54, 1.807) is 37.3 Å². The molecule has 0 aliphatic carbocycles. The number of aromatic nitrogens is 6. The summed E-state index contributed by atoms with van der Waals surface area (Å²) in [7, 11) is 0. The lowest BCUT2D eigenvalue weighted by molar-refractivity contribution is 0.262. The molecule has 4 rings (SSSR count). The first-order chi connectivity index (χ1) is 13.7. The number of carbonyl (C=O) groups is 1. The van der Waals surface area contributed by atoms with Gasteiger partial charge >= 0.3 is 6.03 Å². The Labute approximate surface area is 159 Å². The van der Waals surface area contributed by atoms with E-state index in [9.17, 15) is 4.79 Å². The van der Waals surface area contributed by atoms with Crippen LogP contribution in [0.2, 0.25) is 0 Å². The standard InChI is InChI=1S/C18H16N8O2/c1-11-19-17(28-24-11)13-5-7-14(8-6-13)20-18(27)21-15-4-2-3-12(9-15)10-16-22-25-26-23-16/h2-9H,10H2,1H3,(H2,20,21,27)(H,22,23,25,26). The van der Waals surface area contributed by atoms with Gasteiger partial charge in [0.05, 0.1) is 0 Å². The molecule has 0 unspecified atom stereocenters. The van der Waals surface area contributed by atoms with E-state index in [4.69, 9.17) is 4.52 Å². The number of hydrogen-bond acceptors (Lipinski definition) is 7. The van der Waals surface area contributed by atoms with E-state index in [1.165, 1.54) is 0 Å². The summed E-state index contributed by atoms with van der Waals surface area (Å²) in [6.45, 7) is 1.75. The highest BCUT2D eigenvalue weighted by molar-refractivity contribution is 5.99. The molecule has 10 nitrogen and oxygen atoms in total. The van der Waals surface area contributed by atoms with Gasteiger partial charge in [0.2, 0.25) is 0 Å². The fraction of sp³-hybridized carbons (Fsp3) is 0.111. The summed E-state index contributed by atoms with van der Waals surface area (Å²) in [6.07, 6.45) is 0.518. The van der Waals surface area contributed by atoms with Crippen LogP contribution in [0.1, 0.15) is 17.2 Å². The fourth-order valence-electron chi connectivity index (χ4n) is 2.60. The zero-order valence-electron chi connectivity index (χ0n) is 14.9. The third-order valence-electron chi connectivity index (χ3n) is 3.85. The fourth-order valence-corrected chi connectivity index (χ4v) is 2.60. The van der Waals surface area contributed by atoms with Gasteiger partial charge in [-0.05, 0) is 48.9 Å². The number of aromatic amines is 1. The number of nitrogens with one attached hydrogen (secondary N) is 3. The number of nitrogens with zero attached hydrogens (tertiary/aromatic N) is 5. The molecule has 28 heavy (non-hydrogen) atoms. The van der Waals surface area contributed by atoms with Crippen molar-refractivity contribution < 1.29 is 9.32 Å². The number of tetrazole rings is 1. The lowest BCUT2D eigenvalue weighted by atomic mass is 10.1. The number of benzene rings is 2. The number of aryl methyl sites for hydroxylation is 1. The normalized spacial score (nSPS) is 10.6. The molecular formula is C18H16N8O2. The van der Waals surface area contributed by atoms with Gasteiger partial charge in [0.15, 0.2) is 11.6 Å². The van der Waals surface area contributed by atoms with Crippen LogP contribution in [0.15, 0.2) is 53.1 Å². The number of urea groups is 1. The van der Waals surface area contributed by atoms with Crippen LogP contribution in [0.3, 0.4) is 0 Å². The Morgan fingerprint density at radius 1 is 1.11 bits per heavy atom. The SMILES string of the molecule is Cc1noc(-c2ccc(NC(=O)Nc3cccc(Cc4nn[nH]n4)c3)cc2)n1. The summed E-state index contributed by atoms with van der Waals surface area (Å²) in [5, 5.41) is 23.2. The van der Waals surface area contributed by atoms with Gasteiger partial charge < -0.3 is 15.2 Å². The van der Waals surface area contributed by atoms with E-state index in [-0.39, 0.29) is 6.03 Å². The highest BCUT2D eigenvalue weighted by atomic mass is 16.5. The second-order valence-corrected chi connectivity index (χ2v) is 6.01. The van der Waals surface area contributed by atoms with Crippen LogP contribution < -0.4 is 10.6 Å². The monoisotopic (exact) mass is 376 g/mol. The van der Waals surface area contributed by atoms with Crippen molar-refractivity contribution in [1.29, 1.82) is 0 Å². The Balaban J connectivity index is 1.37. The van der Waals surface area contributed by atoms with Crippen molar-refractivity contribution in [2.75, 3.05) is 10.6 Å². The summed E-state index contributed by atoms with van der Waals surface area (Å²) >= 11 is 0. The maximum absolute atomic E-state index is 12.3. The van der Waals surface area contributed by atoms with Gasteiger partial charge in [0.25, 0.3) is 5.89 Å². The lowest BCUT2D eigenvalue weighted by Gasteiger charge is -2.09. The smallest absolute Gasteiger partial charge is 0.323 e. The van der Waals surface area contributed by atoms with Crippen LogP contribution in [0, 0.1) is 6.92 Å². The molecule has 2 aromatic heterocycles. The molecule has 2 aromatic carbocycles. The molecule has 0 saturated carbocycles. The van der Waals surface area contributed by atoms with Crippen LogP contribution in [0.25, 0.3) is 11.5 Å². The summed E-state index contributed by atoms with van der Waals surface area (Å²) in [4.78, 5) is 16.4. The minimum atomic E-state index is -0.349. The first-order valence-electron chi connectivity index (χ1n) is 8.46. The Kier molecular flexibility index (Phi) is 4.74. The Hall–Kier alpha value is -4.08. The van der Waals surface area contributed by atoms with Gasteiger partial charge in [-0.1, -0.05) is 22.5 Å². The van der Waals surface area contributed by atoms with Crippen molar-refractivity contribution in [1.82, 2.24) is 30.8 Å². The first-order valence-corrected chi connectivity index (χ1v) is 8.46. The van der Waals surface area contributed by atoms with E-state index in [1.807, 2.05) is 18.2 Å². The molecule has 0 aliphatic rings. The third kappa shape index (κ3) is 4.18. The predicted octanol–water partition coefficient (Wildman–Crippen LogP) is 2.79. The van der Waals surface area contributed by atoms with Crippen LogP contribution in [0.5, 0.6) is 0 Å². The minimum Gasteiger partial charge on any atom is -0.334 e. The molecule has 0 spiro atoms. The molecule has 0 saturated heterocycles. The van der Waals surface area contributed by atoms with Crippen LogP contribution in [-0.2, 0) is 6.42 Å². The molecule has 0 radical (unpaired) electrons. The zero-order chi connectivity index (χ0) is 19.3. The van der Waals surface area contributed by atoms with Gasteiger partial charge in [0.1, 0.15) is 0 Å². The van der Waals surface area contributed by atoms with Crippen molar-refractivity contribution in [2.24, 2.45) is 0 Å². The van der Waals surface area contributed by atoms with Crippen molar-refractivity contribution in [3.8, 4) is 11.5 Å².